The number of benzene rings is 1. The van der Waals surface area contributed by atoms with Gasteiger partial charge in [-0.3, -0.25) is 14.6 Å². The predicted octanol–water partition coefficient (Wildman–Crippen LogP) is 1.19. The van der Waals surface area contributed by atoms with Gasteiger partial charge in [0.05, 0.1) is 37.0 Å². The van der Waals surface area contributed by atoms with E-state index in [9.17, 15) is 30.3 Å². The van der Waals surface area contributed by atoms with E-state index in [-0.39, 0.29) is 74.0 Å². The smallest absolute Gasteiger partial charge is 0.302 e. The van der Waals surface area contributed by atoms with Crippen molar-refractivity contribution in [3.05, 3.63) is 23.3 Å². The minimum atomic E-state index is -1.31. The summed E-state index contributed by atoms with van der Waals surface area (Å²) in [6, 6.07) is 3.72. The van der Waals surface area contributed by atoms with Crippen LogP contribution in [0.25, 0.3) is 0 Å². The highest BCUT2D eigenvalue weighted by Gasteiger charge is 2.58. The lowest BCUT2D eigenvalue weighted by atomic mass is 9.61. The highest BCUT2D eigenvalue weighted by Crippen LogP contribution is 2.50. The number of aromatic hydroxyl groups is 1. The molecule has 1 aromatic rings. The van der Waals surface area contributed by atoms with Gasteiger partial charge in [-0.25, -0.2) is 4.99 Å². The van der Waals surface area contributed by atoms with Crippen LogP contribution in [0.2, 0.25) is 0 Å². The second-order valence-electron chi connectivity index (χ2n) is 18.4. The van der Waals surface area contributed by atoms with Crippen LogP contribution < -0.4 is 21.1 Å². The van der Waals surface area contributed by atoms with E-state index < -0.39 is 35.1 Å². The number of nitrogens with zero attached hydrogens (tertiary/aromatic N) is 3. The number of phenolic OH excluding ortho intramolecular Hbond substituents is 1. The minimum Gasteiger partial charge on any atom is -0.504 e. The predicted molar refractivity (Wildman–Crippen MR) is 213 cm³/mol. The second-order valence-corrected chi connectivity index (χ2v) is 18.4. The number of nitrogens with two attached hydrogens (primary N) is 1. The Balaban J connectivity index is 1.25. The molecule has 10 bridgehead atoms. The number of hydrogen-bond donors (Lipinski definition) is 8. The summed E-state index contributed by atoms with van der Waals surface area (Å²) in [5.74, 6) is 7.58. The zero-order chi connectivity index (χ0) is 39.9. The van der Waals surface area contributed by atoms with Gasteiger partial charge in [0.1, 0.15) is 12.2 Å². The average Bonchev–Trinajstić information content (AvgIpc) is 3.19. The number of ether oxygens (including phenoxy) is 2. The molecule has 14 nitrogen and oxygen atoms in total. The summed E-state index contributed by atoms with van der Waals surface area (Å²) in [7, 11) is 0. The van der Waals surface area contributed by atoms with Crippen LogP contribution in [0.1, 0.15) is 88.7 Å². The normalized spacial score (nSPS) is 42.0. The number of phenols is 1. The largest absolute Gasteiger partial charge is 0.504 e. The van der Waals surface area contributed by atoms with Gasteiger partial charge in [0.15, 0.2) is 17.5 Å². The first kappa shape index (κ1) is 40.6. The van der Waals surface area contributed by atoms with Crippen LogP contribution in [-0.4, -0.2) is 135 Å². The van der Waals surface area contributed by atoms with Crippen molar-refractivity contribution in [2.45, 2.75) is 133 Å². The zero-order valence-electron chi connectivity index (χ0n) is 33.5. The number of carbonyl (C=O) groups is 1. The Labute approximate surface area is 336 Å². The lowest BCUT2D eigenvalue weighted by Crippen LogP contribution is -2.71. The van der Waals surface area contributed by atoms with Crippen LogP contribution in [0.3, 0.4) is 0 Å². The molecular weight excluding hydrogens is 729 g/mol. The van der Waals surface area contributed by atoms with E-state index in [4.69, 9.17) is 20.2 Å². The summed E-state index contributed by atoms with van der Waals surface area (Å²) in [5.41, 5.74) is 5.52. The quantitative estimate of drug-likeness (QED) is 0.160. The molecule has 1 spiro atoms. The molecule has 9 N–H and O–H groups in total. The van der Waals surface area contributed by atoms with Gasteiger partial charge in [-0.05, 0) is 106 Å². The van der Waals surface area contributed by atoms with Crippen molar-refractivity contribution in [2.24, 2.45) is 39.8 Å². The van der Waals surface area contributed by atoms with Crippen LogP contribution in [0, 0.1) is 40.9 Å². The molecule has 1 aliphatic carbocycles. The summed E-state index contributed by atoms with van der Waals surface area (Å²) < 4.78 is 12.5. The van der Waals surface area contributed by atoms with Crippen LogP contribution in [-0.2, 0) is 22.6 Å². The first-order valence-corrected chi connectivity index (χ1v) is 21.5. The Bertz CT molecular complexity index is 1710. The molecule has 14 heteroatoms. The number of nitrogens with one attached hydrogen (secondary N) is 2. The maximum absolute atomic E-state index is 13.3. The maximum Gasteiger partial charge on any atom is 0.302 e. The SMILES string of the molecule is CC(=O)OC1CC(O)CCC2(C#CC3CCCC4CC(CCN4)Oc4cc(c(CO)cc4O)CC31)CNC(N)=NCN1CC3CC(C1)C1CCC2(O)CN1C3CO. The van der Waals surface area contributed by atoms with Crippen molar-refractivity contribution in [1.29, 1.82) is 0 Å². The molecule has 7 heterocycles. The first-order chi connectivity index (χ1) is 27.5. The molecule has 8 aliphatic rings. The molecule has 0 aromatic heterocycles. The van der Waals surface area contributed by atoms with Gasteiger partial charge in [-0.2, -0.15) is 0 Å². The molecule has 0 radical (unpaired) electrons. The highest BCUT2D eigenvalue weighted by atomic mass is 16.5. The Morgan fingerprint density at radius 1 is 1.11 bits per heavy atom. The Hall–Kier alpha value is -3.16. The van der Waals surface area contributed by atoms with Gasteiger partial charge in [0, 0.05) is 69.5 Å². The summed E-state index contributed by atoms with van der Waals surface area (Å²) in [6.07, 6.45) is 5.86. The number of fused-ring (bicyclic) bond motifs is 9. The minimum absolute atomic E-state index is 0.0105. The summed E-state index contributed by atoms with van der Waals surface area (Å²) >= 11 is 0. The van der Waals surface area contributed by atoms with Gasteiger partial charge in [0.2, 0.25) is 0 Å². The van der Waals surface area contributed by atoms with Gasteiger partial charge in [-0.15, -0.1) is 0 Å². The number of aliphatic imine (C=N–C) groups is 1. The Morgan fingerprint density at radius 2 is 1.95 bits per heavy atom. The van der Waals surface area contributed by atoms with E-state index in [1.165, 1.54) is 6.92 Å². The molecule has 0 saturated carbocycles. The molecule has 4 saturated heterocycles. The lowest BCUT2D eigenvalue weighted by molar-refractivity contribution is -0.171. The van der Waals surface area contributed by atoms with Gasteiger partial charge in [0.25, 0.3) is 0 Å². The third-order valence-corrected chi connectivity index (χ3v) is 14.9. The number of aliphatic hydroxyl groups excluding tert-OH is 3. The number of piperidine rings is 4. The molecule has 1 aromatic carbocycles. The number of carbonyl (C=O) groups excluding carboxylic acids is 1. The van der Waals surface area contributed by atoms with Gasteiger partial charge >= 0.3 is 5.97 Å². The molecule has 4 fully saturated rings. The van der Waals surface area contributed by atoms with Crippen LogP contribution >= 0.6 is 0 Å². The van der Waals surface area contributed by atoms with Crippen molar-refractivity contribution in [3.63, 3.8) is 0 Å². The first-order valence-electron chi connectivity index (χ1n) is 21.5. The summed E-state index contributed by atoms with van der Waals surface area (Å²) in [5, 5.41) is 64.7. The van der Waals surface area contributed by atoms with E-state index >= 15 is 0 Å². The number of esters is 1. The fraction of sp³-hybridized carbons (Fsp3) is 0.767. The van der Waals surface area contributed by atoms with Crippen molar-refractivity contribution >= 4 is 11.9 Å². The number of hydrogen-bond acceptors (Lipinski definition) is 14. The summed E-state index contributed by atoms with van der Waals surface area (Å²) in [4.78, 5) is 22.3. The number of guanidine groups is 1. The van der Waals surface area contributed by atoms with Gasteiger partial charge < -0.3 is 51.4 Å². The third kappa shape index (κ3) is 8.36. The van der Waals surface area contributed by atoms with Crippen molar-refractivity contribution in [3.8, 4) is 23.3 Å². The second kappa shape index (κ2) is 16.8. The molecule has 0 amide bonds. The topological polar surface area (TPSA) is 206 Å². The molecule has 314 valence electrons. The maximum atomic E-state index is 13.3. The van der Waals surface area contributed by atoms with E-state index in [1.54, 1.807) is 6.07 Å². The van der Waals surface area contributed by atoms with Crippen molar-refractivity contribution < 1.29 is 39.8 Å². The molecule has 14 unspecified atom stereocenters. The van der Waals surface area contributed by atoms with Crippen LogP contribution in [0.15, 0.2) is 17.1 Å². The monoisotopic (exact) mass is 792 g/mol. The zero-order valence-corrected chi connectivity index (χ0v) is 33.5. The van der Waals surface area contributed by atoms with E-state index in [0.29, 0.717) is 62.5 Å². The van der Waals surface area contributed by atoms with Crippen LogP contribution in [0.4, 0.5) is 0 Å². The highest BCUT2D eigenvalue weighted by molar-refractivity contribution is 5.78. The van der Waals surface area contributed by atoms with Crippen LogP contribution in [0.5, 0.6) is 11.5 Å². The van der Waals surface area contributed by atoms with Crippen molar-refractivity contribution in [2.75, 3.05) is 46.0 Å². The lowest BCUT2D eigenvalue weighted by Gasteiger charge is -2.60. The fourth-order valence-electron chi connectivity index (χ4n) is 11.8. The molecule has 9 rings (SSSR count). The molecule has 14 atom stereocenters. The van der Waals surface area contributed by atoms with Gasteiger partial charge in [-0.1, -0.05) is 18.3 Å². The third-order valence-electron chi connectivity index (χ3n) is 14.9. The van der Waals surface area contributed by atoms with E-state index in [0.717, 1.165) is 63.7 Å². The molecule has 57 heavy (non-hydrogen) atoms. The Kier molecular flexibility index (Phi) is 12.0. The average molecular weight is 793 g/mol. The number of rotatable bonds is 3. The fourth-order valence-corrected chi connectivity index (χ4v) is 11.8. The van der Waals surface area contributed by atoms with E-state index in [1.807, 2.05) is 6.07 Å². The summed E-state index contributed by atoms with van der Waals surface area (Å²) in [6.45, 7) is 4.64. The number of aliphatic hydroxyl groups is 4. The standard InChI is InChI=1S/C43H64N6O8/c1-26(52)56-39-18-33(53)6-10-42(23-46-41(44)47-25-48-19-29-13-30(20-48)37(22-51)49-24-43(42,55)11-7-36(29)49)9-5-27-3-2-4-32-17-34(8-12-45-32)57-40-16-28(14-35(27)39)31(21-50)15-38(40)54/h15-16,27,29-30,32-37,39,45,50-51,53-55H,2-4,6-8,10-14,17-25H2,1H3,(H3,44,46,47). The molecule has 7 aliphatic heterocycles. The Morgan fingerprint density at radius 3 is 2.75 bits per heavy atom. The molecular formula is C43H64N6O8. The van der Waals surface area contributed by atoms with E-state index in [2.05, 4.69) is 32.3 Å². The van der Waals surface area contributed by atoms with Crippen molar-refractivity contribution in [1.82, 2.24) is 20.4 Å².